The highest BCUT2D eigenvalue weighted by molar-refractivity contribution is 5.75. The van der Waals surface area contributed by atoms with E-state index >= 15 is 0 Å². The molecule has 0 saturated carbocycles. The summed E-state index contributed by atoms with van der Waals surface area (Å²) in [4.78, 5) is 1.84. The summed E-state index contributed by atoms with van der Waals surface area (Å²) in [6.45, 7) is 1.98. The second-order valence-corrected chi connectivity index (χ2v) is 4.44. The Morgan fingerprint density at radius 1 is 1.16 bits per heavy atom. The molecule has 0 aliphatic rings. The van der Waals surface area contributed by atoms with Crippen molar-refractivity contribution in [1.29, 1.82) is 0 Å². The molecule has 2 aromatic carbocycles. The molecule has 0 aromatic heterocycles. The lowest BCUT2D eigenvalue weighted by molar-refractivity contribution is 0.386. The third-order valence-corrected chi connectivity index (χ3v) is 3.07. The number of nitrogens with two attached hydrogens (primary N) is 1. The van der Waals surface area contributed by atoms with Crippen LogP contribution in [0.2, 0.25) is 0 Å². The molecule has 0 radical (unpaired) electrons. The van der Waals surface area contributed by atoms with Crippen molar-refractivity contribution >= 4 is 17.1 Å². The number of hydrogen-bond donors (Lipinski definition) is 1. The number of benzene rings is 2. The van der Waals surface area contributed by atoms with E-state index in [-0.39, 0.29) is 5.75 Å². The van der Waals surface area contributed by atoms with Gasteiger partial charge in [-0.25, -0.2) is 4.39 Å². The van der Waals surface area contributed by atoms with Crippen LogP contribution in [-0.4, -0.2) is 14.2 Å². The molecule has 19 heavy (non-hydrogen) atoms. The van der Waals surface area contributed by atoms with E-state index in [0.29, 0.717) is 11.4 Å². The molecule has 0 heterocycles. The van der Waals surface area contributed by atoms with Gasteiger partial charge in [-0.05, 0) is 36.8 Å². The molecule has 0 atom stereocenters. The number of rotatable bonds is 3. The van der Waals surface area contributed by atoms with Gasteiger partial charge in [-0.1, -0.05) is 6.07 Å². The largest absolute Gasteiger partial charge is 0.494 e. The van der Waals surface area contributed by atoms with Crippen LogP contribution in [0.25, 0.3) is 0 Å². The van der Waals surface area contributed by atoms with Crippen LogP contribution in [0.15, 0.2) is 36.4 Å². The SMILES string of the molecule is COc1ccc(N(C)c2ccc(C)cc2N)cc1F. The molecule has 0 spiro atoms. The molecule has 0 bridgehead atoms. The monoisotopic (exact) mass is 260 g/mol. The summed E-state index contributed by atoms with van der Waals surface area (Å²) >= 11 is 0. The summed E-state index contributed by atoms with van der Waals surface area (Å²) in [5, 5.41) is 0. The Morgan fingerprint density at radius 2 is 1.89 bits per heavy atom. The Morgan fingerprint density at radius 3 is 2.47 bits per heavy atom. The summed E-state index contributed by atoms with van der Waals surface area (Å²) in [6.07, 6.45) is 0. The van der Waals surface area contributed by atoms with Crippen molar-refractivity contribution in [1.82, 2.24) is 0 Å². The number of halogens is 1. The fourth-order valence-electron chi connectivity index (χ4n) is 1.98. The Balaban J connectivity index is 2.38. The second-order valence-electron chi connectivity index (χ2n) is 4.44. The molecule has 4 heteroatoms. The molecule has 2 aromatic rings. The van der Waals surface area contributed by atoms with Crippen LogP contribution in [0.5, 0.6) is 5.75 Å². The van der Waals surface area contributed by atoms with Crippen LogP contribution >= 0.6 is 0 Å². The van der Waals surface area contributed by atoms with Crippen molar-refractivity contribution < 1.29 is 9.13 Å². The molecule has 0 fully saturated rings. The van der Waals surface area contributed by atoms with E-state index < -0.39 is 5.82 Å². The predicted molar refractivity (Wildman–Crippen MR) is 76.6 cm³/mol. The van der Waals surface area contributed by atoms with Crippen molar-refractivity contribution in [3.8, 4) is 5.75 Å². The van der Waals surface area contributed by atoms with Crippen LogP contribution in [-0.2, 0) is 0 Å². The predicted octanol–water partition coefficient (Wildman–Crippen LogP) is 3.49. The fraction of sp³-hybridized carbons (Fsp3) is 0.200. The normalized spacial score (nSPS) is 10.3. The van der Waals surface area contributed by atoms with Crippen molar-refractivity contribution in [3.63, 3.8) is 0 Å². The zero-order valence-corrected chi connectivity index (χ0v) is 11.3. The number of nitrogens with zero attached hydrogens (tertiary/aromatic N) is 1. The molecule has 0 aliphatic heterocycles. The minimum atomic E-state index is -0.391. The highest BCUT2D eigenvalue weighted by Crippen LogP contribution is 2.31. The molecular weight excluding hydrogens is 243 g/mol. The summed E-state index contributed by atoms with van der Waals surface area (Å²) in [5.41, 5.74) is 9.31. The topological polar surface area (TPSA) is 38.5 Å². The quantitative estimate of drug-likeness (QED) is 0.858. The van der Waals surface area contributed by atoms with E-state index in [1.165, 1.54) is 13.2 Å². The highest BCUT2D eigenvalue weighted by Gasteiger charge is 2.10. The van der Waals surface area contributed by atoms with E-state index in [2.05, 4.69) is 0 Å². The summed E-state index contributed by atoms with van der Waals surface area (Å²) in [7, 11) is 3.29. The fourth-order valence-corrected chi connectivity index (χ4v) is 1.98. The Labute approximate surface area is 112 Å². The van der Waals surface area contributed by atoms with E-state index in [9.17, 15) is 4.39 Å². The molecule has 2 N–H and O–H groups in total. The maximum atomic E-state index is 13.7. The number of ether oxygens (including phenoxy) is 1. The van der Waals surface area contributed by atoms with Crippen molar-refractivity contribution in [2.45, 2.75) is 6.92 Å². The smallest absolute Gasteiger partial charge is 0.167 e. The summed E-state index contributed by atoms with van der Waals surface area (Å²) in [5.74, 6) is -0.161. The van der Waals surface area contributed by atoms with E-state index in [4.69, 9.17) is 10.5 Å². The first-order valence-corrected chi connectivity index (χ1v) is 5.96. The first kappa shape index (κ1) is 13.2. The van der Waals surface area contributed by atoms with Gasteiger partial charge in [-0.3, -0.25) is 0 Å². The van der Waals surface area contributed by atoms with Gasteiger partial charge in [0, 0.05) is 18.8 Å². The van der Waals surface area contributed by atoms with Crippen LogP contribution in [0, 0.1) is 12.7 Å². The van der Waals surface area contributed by atoms with Gasteiger partial charge in [-0.15, -0.1) is 0 Å². The maximum Gasteiger partial charge on any atom is 0.167 e. The zero-order chi connectivity index (χ0) is 14.0. The Bertz CT molecular complexity index is 599. The number of methoxy groups -OCH3 is 1. The van der Waals surface area contributed by atoms with E-state index in [1.807, 2.05) is 37.1 Å². The van der Waals surface area contributed by atoms with Crippen LogP contribution in [0.4, 0.5) is 21.5 Å². The van der Waals surface area contributed by atoms with Crippen molar-refractivity contribution in [2.75, 3.05) is 24.8 Å². The lowest BCUT2D eigenvalue weighted by Crippen LogP contribution is -2.12. The lowest BCUT2D eigenvalue weighted by Gasteiger charge is -2.22. The maximum absolute atomic E-state index is 13.7. The first-order chi connectivity index (χ1) is 9.02. The number of anilines is 3. The third kappa shape index (κ3) is 2.62. The molecule has 0 amide bonds. The van der Waals surface area contributed by atoms with Gasteiger partial charge in [-0.2, -0.15) is 0 Å². The average Bonchev–Trinajstić information content (AvgIpc) is 2.38. The minimum Gasteiger partial charge on any atom is -0.494 e. The highest BCUT2D eigenvalue weighted by atomic mass is 19.1. The molecule has 3 nitrogen and oxygen atoms in total. The zero-order valence-electron chi connectivity index (χ0n) is 11.3. The molecular formula is C15H17FN2O. The van der Waals surface area contributed by atoms with E-state index in [1.54, 1.807) is 12.1 Å². The van der Waals surface area contributed by atoms with Gasteiger partial charge in [0.2, 0.25) is 0 Å². The van der Waals surface area contributed by atoms with Gasteiger partial charge >= 0.3 is 0 Å². The van der Waals surface area contributed by atoms with Crippen LogP contribution in [0.3, 0.4) is 0 Å². The molecule has 0 aliphatic carbocycles. The van der Waals surface area contributed by atoms with Crippen LogP contribution < -0.4 is 15.4 Å². The molecule has 0 saturated heterocycles. The Hall–Kier alpha value is -2.23. The van der Waals surface area contributed by atoms with Gasteiger partial charge in [0.05, 0.1) is 18.5 Å². The second kappa shape index (κ2) is 5.18. The molecule has 2 rings (SSSR count). The number of nitrogen functional groups attached to an aromatic ring is 1. The standard InChI is InChI=1S/C15H17FN2O/c1-10-4-6-14(13(17)8-10)18(2)11-5-7-15(19-3)12(16)9-11/h4-9H,17H2,1-3H3. The summed E-state index contributed by atoms with van der Waals surface area (Å²) in [6, 6.07) is 10.6. The van der Waals surface area contributed by atoms with Gasteiger partial charge in [0.15, 0.2) is 11.6 Å². The number of aryl methyl sites for hydroxylation is 1. The average molecular weight is 260 g/mol. The van der Waals surface area contributed by atoms with Crippen molar-refractivity contribution in [3.05, 3.63) is 47.8 Å². The lowest BCUT2D eigenvalue weighted by atomic mass is 10.1. The summed E-state index contributed by atoms with van der Waals surface area (Å²) < 4.78 is 18.6. The van der Waals surface area contributed by atoms with E-state index in [0.717, 1.165) is 11.3 Å². The molecule has 0 unspecified atom stereocenters. The first-order valence-electron chi connectivity index (χ1n) is 5.96. The van der Waals surface area contributed by atoms with Gasteiger partial charge in [0.25, 0.3) is 0 Å². The van der Waals surface area contributed by atoms with Crippen molar-refractivity contribution in [2.24, 2.45) is 0 Å². The molecule has 100 valence electrons. The third-order valence-electron chi connectivity index (χ3n) is 3.07. The van der Waals surface area contributed by atoms with Gasteiger partial charge < -0.3 is 15.4 Å². The minimum absolute atomic E-state index is 0.231. The Kier molecular flexibility index (Phi) is 3.60. The number of hydrogen-bond acceptors (Lipinski definition) is 3. The van der Waals surface area contributed by atoms with Gasteiger partial charge in [0.1, 0.15) is 0 Å². The van der Waals surface area contributed by atoms with Crippen LogP contribution in [0.1, 0.15) is 5.56 Å².